The molecule has 0 aliphatic carbocycles. The zero-order valence-electron chi connectivity index (χ0n) is 34.6. The van der Waals surface area contributed by atoms with Gasteiger partial charge in [0.25, 0.3) is 0 Å². The highest BCUT2D eigenvalue weighted by Gasteiger charge is 2.32. The summed E-state index contributed by atoms with van der Waals surface area (Å²) in [6.07, 6.45) is 5.63. The number of nitrogens with one attached hydrogen (secondary N) is 2. The topological polar surface area (TPSA) is 57.4 Å². The van der Waals surface area contributed by atoms with Crippen LogP contribution in [0, 0.1) is 99.7 Å². The zero-order chi connectivity index (χ0) is 45.8. The average Bonchev–Trinajstić information content (AvgIpc) is 4.09. The maximum Gasteiger partial charge on any atom is 0.200 e. The molecule has 64 heavy (non-hydrogen) atoms. The third kappa shape index (κ3) is 6.45. The lowest BCUT2D eigenvalue weighted by Crippen LogP contribution is -2.05. The van der Waals surface area contributed by atoms with E-state index in [-0.39, 0.29) is 44.8 Å². The number of hydrogen-bond acceptors (Lipinski definition) is 2. The molecule has 5 heterocycles. The van der Waals surface area contributed by atoms with E-state index < -0.39 is 80.4 Å². The van der Waals surface area contributed by atoms with E-state index in [1.54, 1.807) is 27.7 Å². The summed E-state index contributed by atoms with van der Waals surface area (Å²) in [5.74, 6) is -21.8. The van der Waals surface area contributed by atoms with Gasteiger partial charge in [0, 0.05) is 44.3 Å². The van der Waals surface area contributed by atoms with Gasteiger partial charge in [0.2, 0.25) is 11.6 Å². The molecule has 4 aromatic carbocycles. The maximum absolute atomic E-state index is 16.0. The molecule has 3 aromatic heterocycles. The van der Waals surface area contributed by atoms with E-state index in [0.717, 1.165) is 11.1 Å². The molecule has 2 N–H and O–H groups in total. The van der Waals surface area contributed by atoms with Crippen molar-refractivity contribution >= 4 is 46.4 Å². The van der Waals surface area contributed by atoms with Crippen molar-refractivity contribution in [1.29, 1.82) is 0 Å². The standard InChI is InChI=1S/C50H32F10N4/c1-19-15-21(3)33(22(4)16-19)35-25-7-11-29(61-25)37(39-41(51)45(55)49(59)46(56)42(39)52)31-13-9-27(63-31)36(34-23(5)17-20(2)18-24(34)6)28-10-14-32(64-28)38(30-12-8-26(35)62-30)40-43(53)47(57)50(60)48(58)44(40)54/h7-18,61,64H,1-6H3. The number of rotatable bonds is 4. The molecule has 0 fully saturated rings. The van der Waals surface area contributed by atoms with Crippen LogP contribution in [-0.4, -0.2) is 19.9 Å². The van der Waals surface area contributed by atoms with E-state index in [9.17, 15) is 8.78 Å². The molecule has 0 radical (unpaired) electrons. The van der Waals surface area contributed by atoms with Crippen LogP contribution in [0.4, 0.5) is 43.9 Å². The first-order valence-corrected chi connectivity index (χ1v) is 19.7. The van der Waals surface area contributed by atoms with Gasteiger partial charge >= 0.3 is 0 Å². The second-order valence-electron chi connectivity index (χ2n) is 15.9. The molecule has 0 amide bonds. The Kier molecular flexibility index (Phi) is 10.0. The Morgan fingerprint density at radius 2 is 0.516 bits per heavy atom. The van der Waals surface area contributed by atoms with Crippen molar-refractivity contribution in [1.82, 2.24) is 19.9 Å². The molecule has 2 aliphatic rings. The van der Waals surface area contributed by atoms with Gasteiger partial charge in [-0.25, -0.2) is 53.9 Å². The maximum atomic E-state index is 16.0. The van der Waals surface area contributed by atoms with Gasteiger partial charge in [0.15, 0.2) is 46.5 Å². The first kappa shape index (κ1) is 42.1. The summed E-state index contributed by atoms with van der Waals surface area (Å²) in [6.45, 7) is 10.9. The molecule has 2 aliphatic heterocycles. The van der Waals surface area contributed by atoms with Crippen LogP contribution in [0.3, 0.4) is 0 Å². The summed E-state index contributed by atoms with van der Waals surface area (Å²) in [7, 11) is 0. The van der Waals surface area contributed by atoms with Crippen molar-refractivity contribution in [2.45, 2.75) is 41.5 Å². The van der Waals surface area contributed by atoms with Crippen LogP contribution in [0.25, 0.3) is 90.9 Å². The van der Waals surface area contributed by atoms with Crippen LogP contribution in [0.15, 0.2) is 48.5 Å². The number of aromatic amines is 2. The van der Waals surface area contributed by atoms with Gasteiger partial charge in [-0.3, -0.25) is 0 Å². The van der Waals surface area contributed by atoms with E-state index in [0.29, 0.717) is 44.5 Å². The molecular weight excluding hydrogens is 847 g/mol. The molecule has 0 spiro atoms. The monoisotopic (exact) mass is 878 g/mol. The first-order valence-electron chi connectivity index (χ1n) is 19.7. The van der Waals surface area contributed by atoms with Gasteiger partial charge in [-0.05, 0) is 123 Å². The highest BCUT2D eigenvalue weighted by atomic mass is 19.2. The van der Waals surface area contributed by atoms with Gasteiger partial charge in [0.05, 0.1) is 33.9 Å². The van der Waals surface area contributed by atoms with Gasteiger partial charge in [-0.15, -0.1) is 0 Å². The molecule has 7 aromatic rings. The summed E-state index contributed by atoms with van der Waals surface area (Å²) in [4.78, 5) is 15.8. The highest BCUT2D eigenvalue weighted by Crippen LogP contribution is 2.44. The van der Waals surface area contributed by atoms with E-state index >= 15 is 35.1 Å². The summed E-state index contributed by atoms with van der Waals surface area (Å²) in [5.41, 5.74) is 2.84. The summed E-state index contributed by atoms with van der Waals surface area (Å²) < 4.78 is 154. The van der Waals surface area contributed by atoms with Crippen molar-refractivity contribution in [3.05, 3.63) is 163 Å². The van der Waals surface area contributed by atoms with Crippen molar-refractivity contribution in [2.75, 3.05) is 0 Å². The van der Waals surface area contributed by atoms with Crippen LogP contribution in [0.2, 0.25) is 0 Å². The summed E-state index contributed by atoms with van der Waals surface area (Å²) in [6, 6.07) is 13.2. The minimum absolute atomic E-state index is 0.114. The smallest absolute Gasteiger partial charge is 0.200 e. The molecule has 4 nitrogen and oxygen atoms in total. The Bertz CT molecular complexity index is 3130. The molecular formula is C50H32F10N4. The molecule has 0 atom stereocenters. The zero-order valence-corrected chi connectivity index (χ0v) is 34.6. The van der Waals surface area contributed by atoms with Gasteiger partial charge in [0.1, 0.15) is 0 Å². The number of H-pyrrole nitrogens is 2. The van der Waals surface area contributed by atoms with Crippen molar-refractivity contribution in [2.24, 2.45) is 0 Å². The first-order chi connectivity index (χ1) is 30.4. The largest absolute Gasteiger partial charge is 0.354 e. The predicted octanol–water partition coefficient (Wildman–Crippen LogP) is 14.6. The number of aromatic nitrogens is 4. The van der Waals surface area contributed by atoms with E-state index in [1.165, 1.54) is 48.6 Å². The lowest BCUT2D eigenvalue weighted by atomic mass is 9.92. The normalized spacial score (nSPS) is 12.2. The average molecular weight is 879 g/mol. The van der Waals surface area contributed by atoms with E-state index in [2.05, 4.69) is 9.97 Å². The van der Waals surface area contributed by atoms with Gasteiger partial charge < -0.3 is 9.97 Å². The Morgan fingerprint density at radius 1 is 0.297 bits per heavy atom. The fraction of sp³-hybridized carbons (Fsp3) is 0.120. The quantitative estimate of drug-likeness (QED) is 0.105. The van der Waals surface area contributed by atoms with E-state index in [4.69, 9.17) is 9.97 Å². The Morgan fingerprint density at radius 3 is 0.766 bits per heavy atom. The van der Waals surface area contributed by atoms with Crippen LogP contribution in [0.1, 0.15) is 56.2 Å². The predicted molar refractivity (Wildman–Crippen MR) is 229 cm³/mol. The van der Waals surface area contributed by atoms with Crippen molar-refractivity contribution < 1.29 is 43.9 Å². The second-order valence-corrected chi connectivity index (χ2v) is 15.9. The number of aryl methyl sites for hydroxylation is 6. The number of hydrogen-bond donors (Lipinski definition) is 2. The highest BCUT2D eigenvalue weighted by molar-refractivity contribution is 6.01. The Hall–Kier alpha value is -7.22. The molecule has 8 bridgehead atoms. The second kappa shape index (κ2) is 15.2. The SMILES string of the molecule is Cc1cc(C)c(-c2c3nc(c(-c4c(F)c(F)c(F)c(F)c4F)c4ccc([nH]4)c(-c4c(C)cc(C)cc4C)c4nc(c(-c5c(F)c(F)c(F)c(F)c5F)c5ccc2[nH]5)C=C4)C=C3)c(C)c1. The summed E-state index contributed by atoms with van der Waals surface area (Å²) in [5, 5.41) is 0. The Balaban J connectivity index is 1.57. The molecule has 0 unspecified atom stereocenters. The fourth-order valence-electron chi connectivity index (χ4n) is 9.06. The lowest BCUT2D eigenvalue weighted by molar-refractivity contribution is 0.381. The number of benzene rings is 4. The Labute approximate surface area is 358 Å². The lowest BCUT2D eigenvalue weighted by Gasteiger charge is -2.14. The molecule has 0 saturated heterocycles. The number of fused-ring (bicyclic) bond motifs is 8. The van der Waals surface area contributed by atoms with Crippen molar-refractivity contribution in [3.8, 4) is 44.5 Å². The molecule has 322 valence electrons. The van der Waals surface area contributed by atoms with E-state index in [1.807, 2.05) is 38.1 Å². The molecule has 0 saturated carbocycles. The van der Waals surface area contributed by atoms with Crippen LogP contribution in [0.5, 0.6) is 0 Å². The van der Waals surface area contributed by atoms with Gasteiger partial charge in [-0.2, -0.15) is 0 Å². The van der Waals surface area contributed by atoms with Gasteiger partial charge in [-0.1, -0.05) is 35.4 Å². The minimum atomic E-state index is -2.35. The number of halogens is 10. The minimum Gasteiger partial charge on any atom is -0.354 e. The number of nitrogens with zero attached hydrogens (tertiary/aromatic N) is 2. The van der Waals surface area contributed by atoms with Crippen LogP contribution in [-0.2, 0) is 0 Å². The molecule has 14 heteroatoms. The third-order valence-corrected chi connectivity index (χ3v) is 11.5. The third-order valence-electron chi connectivity index (χ3n) is 11.5. The van der Waals surface area contributed by atoms with Crippen molar-refractivity contribution in [3.63, 3.8) is 0 Å². The summed E-state index contributed by atoms with van der Waals surface area (Å²) >= 11 is 0. The van der Waals surface area contributed by atoms with Crippen LogP contribution >= 0.6 is 0 Å². The molecule has 9 rings (SSSR count). The van der Waals surface area contributed by atoms with Crippen LogP contribution < -0.4 is 0 Å². The fourth-order valence-corrected chi connectivity index (χ4v) is 9.06.